The van der Waals surface area contributed by atoms with Crippen LogP contribution < -0.4 is 5.56 Å². The van der Waals surface area contributed by atoms with Crippen molar-refractivity contribution in [2.24, 2.45) is 7.05 Å². The van der Waals surface area contributed by atoms with Crippen molar-refractivity contribution in [1.82, 2.24) is 28.9 Å². The highest BCUT2D eigenvalue weighted by Crippen LogP contribution is 2.32. The normalized spacial score (nSPS) is 11.9. The number of aryl methyl sites for hydroxylation is 1. The number of halogens is 3. The summed E-state index contributed by atoms with van der Waals surface area (Å²) in [6, 6.07) is 11.5. The van der Waals surface area contributed by atoms with E-state index >= 15 is 0 Å². The van der Waals surface area contributed by atoms with Gasteiger partial charge in [-0.1, -0.05) is 12.1 Å². The van der Waals surface area contributed by atoms with Crippen LogP contribution in [0.4, 0.5) is 13.2 Å². The van der Waals surface area contributed by atoms with Gasteiger partial charge in [-0.15, -0.1) is 0 Å². The molecule has 0 saturated heterocycles. The average Bonchev–Trinajstić information content (AvgIpc) is 3.38. The van der Waals surface area contributed by atoms with Crippen LogP contribution in [0, 0.1) is 0 Å². The lowest BCUT2D eigenvalue weighted by Gasteiger charge is -2.08. The second-order valence-electron chi connectivity index (χ2n) is 7.51. The number of hydrogen-bond acceptors (Lipinski definition) is 4. The van der Waals surface area contributed by atoms with Crippen LogP contribution in [0.2, 0.25) is 0 Å². The van der Waals surface area contributed by atoms with E-state index in [0.717, 1.165) is 18.0 Å². The Labute approximate surface area is 185 Å². The van der Waals surface area contributed by atoms with Crippen molar-refractivity contribution in [3.8, 4) is 16.9 Å². The monoisotopic (exact) mass is 450 g/mol. The molecule has 0 aliphatic heterocycles. The van der Waals surface area contributed by atoms with E-state index in [9.17, 15) is 18.0 Å². The molecule has 0 unspecified atom stereocenters. The highest BCUT2D eigenvalue weighted by molar-refractivity contribution is 5.90. The van der Waals surface area contributed by atoms with Crippen molar-refractivity contribution < 1.29 is 13.2 Å². The van der Waals surface area contributed by atoms with Gasteiger partial charge in [-0.3, -0.25) is 9.78 Å². The summed E-state index contributed by atoms with van der Waals surface area (Å²) in [5.41, 5.74) is 1.62. The molecular formula is C23H17F3N6O. The van der Waals surface area contributed by atoms with Crippen molar-refractivity contribution >= 4 is 11.0 Å². The standard InChI is InChI=1S/C23H17F3N6O/c1-30-12-10-27-19(30)14-31-11-8-17(13-20(31)33)32-18-3-2-9-28-22(18)21(29-32)15-4-6-16(7-5-15)23(24,25)26/h2-13H,14H2,1H3. The molecule has 33 heavy (non-hydrogen) atoms. The van der Waals surface area contributed by atoms with Crippen LogP contribution in [0.5, 0.6) is 0 Å². The number of rotatable bonds is 4. The van der Waals surface area contributed by atoms with Gasteiger partial charge in [0.25, 0.3) is 5.56 Å². The number of aromatic nitrogens is 6. The minimum atomic E-state index is -4.42. The van der Waals surface area contributed by atoms with E-state index in [2.05, 4.69) is 15.1 Å². The number of pyridine rings is 2. The van der Waals surface area contributed by atoms with E-state index in [-0.39, 0.29) is 5.56 Å². The second kappa shape index (κ2) is 7.73. The van der Waals surface area contributed by atoms with E-state index < -0.39 is 11.7 Å². The van der Waals surface area contributed by atoms with Gasteiger partial charge in [-0.05, 0) is 30.3 Å². The van der Waals surface area contributed by atoms with Crippen LogP contribution in [-0.4, -0.2) is 28.9 Å². The predicted molar refractivity (Wildman–Crippen MR) is 116 cm³/mol. The van der Waals surface area contributed by atoms with Crippen LogP contribution in [0.3, 0.4) is 0 Å². The van der Waals surface area contributed by atoms with Gasteiger partial charge in [-0.25, -0.2) is 9.67 Å². The summed E-state index contributed by atoms with van der Waals surface area (Å²) in [6.45, 7) is 0.320. The van der Waals surface area contributed by atoms with Gasteiger partial charge in [0.05, 0.1) is 23.3 Å². The maximum atomic E-state index is 12.9. The second-order valence-corrected chi connectivity index (χ2v) is 7.51. The predicted octanol–water partition coefficient (Wildman–Crippen LogP) is 4.05. The molecule has 0 fully saturated rings. The lowest BCUT2D eigenvalue weighted by Crippen LogP contribution is -2.21. The summed E-state index contributed by atoms with van der Waals surface area (Å²) in [6.07, 6.45) is 2.30. The zero-order valence-electron chi connectivity index (χ0n) is 17.4. The first kappa shape index (κ1) is 20.7. The van der Waals surface area contributed by atoms with E-state index in [0.29, 0.717) is 34.5 Å². The summed E-state index contributed by atoms with van der Waals surface area (Å²) in [5, 5.41) is 4.59. The van der Waals surface area contributed by atoms with Crippen molar-refractivity contribution in [2.75, 3.05) is 0 Å². The van der Waals surface area contributed by atoms with Crippen LogP contribution >= 0.6 is 0 Å². The highest BCUT2D eigenvalue weighted by atomic mass is 19.4. The van der Waals surface area contributed by atoms with Crippen LogP contribution in [0.15, 0.2) is 78.1 Å². The molecule has 0 aliphatic rings. The van der Waals surface area contributed by atoms with Crippen molar-refractivity contribution in [2.45, 2.75) is 12.7 Å². The Morgan fingerprint density at radius 3 is 2.42 bits per heavy atom. The molecule has 5 aromatic rings. The topological polar surface area (TPSA) is 70.5 Å². The fourth-order valence-electron chi connectivity index (χ4n) is 3.62. The zero-order chi connectivity index (χ0) is 23.2. The zero-order valence-corrected chi connectivity index (χ0v) is 17.4. The molecule has 0 atom stereocenters. The summed E-state index contributed by atoms with van der Waals surface area (Å²) in [7, 11) is 1.85. The Morgan fingerprint density at radius 1 is 0.970 bits per heavy atom. The number of fused-ring (bicyclic) bond motifs is 1. The van der Waals surface area contributed by atoms with E-state index in [1.807, 2.05) is 11.6 Å². The van der Waals surface area contributed by atoms with Gasteiger partial charge in [-0.2, -0.15) is 18.3 Å². The van der Waals surface area contributed by atoms with Gasteiger partial charge in [0.15, 0.2) is 0 Å². The van der Waals surface area contributed by atoms with Crippen LogP contribution in [0.25, 0.3) is 28.0 Å². The number of imidazole rings is 1. The molecule has 0 N–H and O–H groups in total. The third-order valence-electron chi connectivity index (χ3n) is 5.38. The van der Waals surface area contributed by atoms with Gasteiger partial charge in [0.1, 0.15) is 17.0 Å². The van der Waals surface area contributed by atoms with E-state index in [1.165, 1.54) is 22.8 Å². The summed E-state index contributed by atoms with van der Waals surface area (Å²) in [4.78, 5) is 21.4. The molecule has 0 radical (unpaired) electrons. The lowest BCUT2D eigenvalue weighted by molar-refractivity contribution is -0.137. The van der Waals surface area contributed by atoms with Crippen molar-refractivity contribution in [3.63, 3.8) is 0 Å². The molecule has 4 aromatic heterocycles. The first-order chi connectivity index (χ1) is 15.8. The first-order valence-electron chi connectivity index (χ1n) is 10.00. The van der Waals surface area contributed by atoms with Crippen molar-refractivity contribution in [1.29, 1.82) is 0 Å². The SMILES string of the molecule is Cn1ccnc1Cn1ccc(-n2nc(-c3ccc(C(F)(F)F)cc3)c3ncccc32)cc1=O. The quantitative estimate of drug-likeness (QED) is 0.414. The average molecular weight is 450 g/mol. The Kier molecular flexibility index (Phi) is 4.85. The molecule has 166 valence electrons. The summed E-state index contributed by atoms with van der Waals surface area (Å²) in [5.74, 6) is 0.739. The Hall–Kier alpha value is -4.21. The maximum Gasteiger partial charge on any atom is 0.416 e. The van der Waals surface area contributed by atoms with Gasteiger partial charge in [0.2, 0.25) is 0 Å². The molecule has 10 heteroatoms. The molecule has 0 bridgehead atoms. The molecule has 0 saturated carbocycles. The Balaban J connectivity index is 1.56. The first-order valence-corrected chi connectivity index (χ1v) is 10.00. The van der Waals surface area contributed by atoms with E-state index in [4.69, 9.17) is 0 Å². The third-order valence-corrected chi connectivity index (χ3v) is 5.38. The Bertz CT molecular complexity index is 1510. The molecule has 0 spiro atoms. The number of benzene rings is 1. The number of hydrogen-bond donors (Lipinski definition) is 0. The lowest BCUT2D eigenvalue weighted by atomic mass is 10.1. The largest absolute Gasteiger partial charge is 0.416 e. The smallest absolute Gasteiger partial charge is 0.337 e. The van der Waals surface area contributed by atoms with Gasteiger partial charge >= 0.3 is 6.18 Å². The van der Waals surface area contributed by atoms with Crippen molar-refractivity contribution in [3.05, 3.63) is 95.1 Å². The maximum absolute atomic E-state index is 12.9. The van der Waals surface area contributed by atoms with Crippen LogP contribution in [-0.2, 0) is 19.8 Å². The minimum Gasteiger partial charge on any atom is -0.337 e. The van der Waals surface area contributed by atoms with Gasteiger partial charge < -0.3 is 9.13 Å². The fraction of sp³-hybridized carbons (Fsp3) is 0.130. The molecule has 7 nitrogen and oxygen atoms in total. The highest BCUT2D eigenvalue weighted by Gasteiger charge is 2.30. The molecular weight excluding hydrogens is 433 g/mol. The molecule has 0 aliphatic carbocycles. The number of nitrogens with zero attached hydrogens (tertiary/aromatic N) is 6. The van der Waals surface area contributed by atoms with Gasteiger partial charge in [0, 0.05) is 43.5 Å². The molecule has 0 amide bonds. The third kappa shape index (κ3) is 3.79. The number of alkyl halides is 3. The summed E-state index contributed by atoms with van der Waals surface area (Å²) >= 11 is 0. The molecule has 4 heterocycles. The molecule has 1 aromatic carbocycles. The molecule has 5 rings (SSSR count). The summed E-state index contributed by atoms with van der Waals surface area (Å²) < 4.78 is 43.8. The fourth-order valence-corrected chi connectivity index (χ4v) is 3.62. The van der Waals surface area contributed by atoms with Crippen LogP contribution in [0.1, 0.15) is 11.4 Å². The Morgan fingerprint density at radius 2 is 1.76 bits per heavy atom. The minimum absolute atomic E-state index is 0.237. The van der Waals surface area contributed by atoms with E-state index in [1.54, 1.807) is 47.7 Å².